The number of carbonyl (C=O) groups is 2. The van der Waals surface area contributed by atoms with Crippen LogP contribution in [0.25, 0.3) is 0 Å². The Kier molecular flexibility index (Phi) is 5.81. The fourth-order valence-corrected chi connectivity index (χ4v) is 4.28. The maximum Gasteiger partial charge on any atom is 0.340 e. The summed E-state index contributed by atoms with van der Waals surface area (Å²) in [7, 11) is -10.9. The first-order valence-electron chi connectivity index (χ1n) is 5.84. The van der Waals surface area contributed by atoms with Gasteiger partial charge < -0.3 is 29.8 Å². The topological polar surface area (TPSA) is 203 Å². The maximum absolute atomic E-state index is 11.5. The minimum Gasteiger partial charge on any atom is -0.481 e. The molecular formula is C10H13NO10P2. The number of carboxylic acid groups (broad SMARTS) is 2. The Balaban J connectivity index is 3.68. The Morgan fingerprint density at radius 3 is 1.61 bits per heavy atom. The number of aromatic nitrogens is 1. The number of hydrogen-bond acceptors (Lipinski definition) is 5. The Morgan fingerprint density at radius 2 is 1.35 bits per heavy atom. The fraction of sp³-hybridized carbons (Fsp3) is 0.300. The van der Waals surface area contributed by atoms with E-state index in [2.05, 4.69) is 4.98 Å². The van der Waals surface area contributed by atoms with Crippen molar-refractivity contribution in [1.82, 2.24) is 4.98 Å². The van der Waals surface area contributed by atoms with Gasteiger partial charge in [-0.15, -0.1) is 0 Å². The van der Waals surface area contributed by atoms with Gasteiger partial charge in [-0.1, -0.05) is 6.07 Å². The molecule has 1 aromatic heterocycles. The van der Waals surface area contributed by atoms with Gasteiger partial charge in [-0.25, -0.2) is 0 Å². The summed E-state index contributed by atoms with van der Waals surface area (Å²) in [5, 5.41) is 18.1. The number of aliphatic carboxylic acids is 2. The van der Waals surface area contributed by atoms with Crippen molar-refractivity contribution in [2.75, 3.05) is 0 Å². The summed E-state index contributed by atoms with van der Waals surface area (Å²) in [6.07, 6.45) is 1.07. The highest BCUT2D eigenvalue weighted by molar-refractivity contribution is 7.55. The van der Waals surface area contributed by atoms with Crippen LogP contribution in [0.3, 0.4) is 0 Å². The average Bonchev–Trinajstić information content (AvgIpc) is 2.34. The second-order valence-corrected chi connectivity index (χ2v) is 7.99. The van der Waals surface area contributed by atoms with Crippen LogP contribution < -0.4 is 0 Å². The molecule has 0 saturated heterocycles. The zero-order valence-electron chi connectivity index (χ0n) is 11.2. The summed E-state index contributed by atoms with van der Waals surface area (Å²) in [5.41, 5.74) is -5.85. The first-order chi connectivity index (χ1) is 10.4. The molecule has 0 amide bonds. The van der Waals surface area contributed by atoms with Crippen LogP contribution >= 0.6 is 15.2 Å². The maximum atomic E-state index is 11.5. The van der Waals surface area contributed by atoms with E-state index >= 15 is 0 Å². The largest absolute Gasteiger partial charge is 0.481 e. The molecule has 1 aromatic rings. The lowest BCUT2D eigenvalue weighted by atomic mass is 9.95. The molecule has 0 bridgehead atoms. The highest BCUT2D eigenvalue weighted by atomic mass is 31.2. The van der Waals surface area contributed by atoms with Gasteiger partial charge in [-0.3, -0.25) is 23.7 Å². The summed E-state index contributed by atoms with van der Waals surface area (Å²) >= 11 is 0. The van der Waals surface area contributed by atoms with Crippen LogP contribution in [0.4, 0.5) is 0 Å². The average molecular weight is 369 g/mol. The highest BCUT2D eigenvalue weighted by Crippen LogP contribution is 2.56. The van der Waals surface area contributed by atoms with E-state index in [1.54, 1.807) is 0 Å². The van der Waals surface area contributed by atoms with Crippen LogP contribution in [0, 0.1) is 0 Å². The smallest absolute Gasteiger partial charge is 0.340 e. The third-order valence-electron chi connectivity index (χ3n) is 2.94. The Morgan fingerprint density at radius 1 is 0.913 bits per heavy atom. The van der Waals surface area contributed by atoms with E-state index < -0.39 is 50.1 Å². The minimum absolute atomic E-state index is 0.473. The van der Waals surface area contributed by atoms with Gasteiger partial charge in [-0.05, 0) is 12.1 Å². The molecule has 0 aliphatic rings. The summed E-state index contributed by atoms with van der Waals surface area (Å²) in [5.74, 6) is -6.45. The van der Waals surface area contributed by atoms with Gasteiger partial charge in [0.25, 0.3) is 0 Å². The van der Waals surface area contributed by atoms with Crippen molar-refractivity contribution in [3.8, 4) is 0 Å². The van der Waals surface area contributed by atoms with Crippen molar-refractivity contribution in [1.29, 1.82) is 0 Å². The molecule has 2 unspecified atom stereocenters. The van der Waals surface area contributed by atoms with Crippen LogP contribution in [0.1, 0.15) is 11.6 Å². The standard InChI is InChI=1S/C10H13NO10P2/c12-9(13)7(22(16,17)18)6(5-3-1-2-4-11-5)8(10(14)15)23(19,20)21/h1-4,6-8H,(H,12,13)(H,14,15)(H2,16,17,18)(H2,19,20,21). The van der Waals surface area contributed by atoms with E-state index in [4.69, 9.17) is 10.2 Å². The molecule has 23 heavy (non-hydrogen) atoms. The van der Waals surface area contributed by atoms with Gasteiger partial charge in [0.05, 0.1) is 5.92 Å². The van der Waals surface area contributed by atoms with Crippen LogP contribution in [-0.2, 0) is 18.7 Å². The zero-order chi connectivity index (χ0) is 18.0. The van der Waals surface area contributed by atoms with Gasteiger partial charge in [0.15, 0.2) is 11.3 Å². The molecule has 0 aliphatic carbocycles. The van der Waals surface area contributed by atoms with Crippen molar-refractivity contribution in [3.05, 3.63) is 30.1 Å². The molecule has 0 saturated carbocycles. The SMILES string of the molecule is O=C(O)C(C(c1ccccn1)C(C(=O)O)P(=O)(O)O)P(=O)(O)O. The molecule has 1 rings (SSSR count). The third-order valence-corrected chi connectivity index (χ3v) is 5.47. The highest BCUT2D eigenvalue weighted by Gasteiger charge is 2.54. The van der Waals surface area contributed by atoms with Gasteiger partial charge in [-0.2, -0.15) is 0 Å². The van der Waals surface area contributed by atoms with E-state index in [0.717, 1.165) is 12.3 Å². The lowest BCUT2D eigenvalue weighted by Gasteiger charge is -2.29. The quantitative estimate of drug-likeness (QED) is 0.336. The van der Waals surface area contributed by atoms with Crippen LogP contribution in [-0.4, -0.2) is 58.0 Å². The number of hydrogen-bond donors (Lipinski definition) is 6. The predicted octanol–water partition coefficient (Wildman–Crippen LogP) is -0.573. The minimum atomic E-state index is -5.46. The summed E-state index contributed by atoms with van der Waals surface area (Å²) in [4.78, 5) is 63.0. The van der Waals surface area contributed by atoms with Gasteiger partial charge in [0, 0.05) is 11.9 Å². The van der Waals surface area contributed by atoms with Crippen LogP contribution in [0.15, 0.2) is 24.4 Å². The Bertz CT molecular complexity index is 640. The van der Waals surface area contributed by atoms with Crippen molar-refractivity contribution < 1.29 is 48.5 Å². The second-order valence-electron chi connectivity index (χ2n) is 4.52. The Hall–Kier alpha value is -1.61. The predicted molar refractivity (Wildman–Crippen MR) is 73.9 cm³/mol. The second kappa shape index (κ2) is 6.88. The molecule has 0 spiro atoms. The lowest BCUT2D eigenvalue weighted by molar-refractivity contribution is -0.139. The number of carboxylic acids is 2. The van der Waals surface area contributed by atoms with E-state index in [0.29, 0.717) is 0 Å². The fourth-order valence-electron chi connectivity index (χ4n) is 2.08. The molecule has 0 aromatic carbocycles. The van der Waals surface area contributed by atoms with Gasteiger partial charge in [0.1, 0.15) is 0 Å². The normalized spacial score (nSPS) is 16.3. The molecule has 2 atom stereocenters. The summed E-state index contributed by atoms with van der Waals surface area (Å²) in [6.45, 7) is 0. The molecule has 6 N–H and O–H groups in total. The van der Waals surface area contributed by atoms with Crippen LogP contribution in [0.5, 0.6) is 0 Å². The van der Waals surface area contributed by atoms with E-state index in [9.17, 15) is 38.3 Å². The molecule has 0 fully saturated rings. The van der Waals surface area contributed by atoms with Crippen molar-refractivity contribution in [3.63, 3.8) is 0 Å². The van der Waals surface area contributed by atoms with E-state index in [-0.39, 0.29) is 0 Å². The van der Waals surface area contributed by atoms with Gasteiger partial charge in [0.2, 0.25) is 0 Å². The van der Waals surface area contributed by atoms with Crippen molar-refractivity contribution in [2.24, 2.45) is 0 Å². The summed E-state index contributed by atoms with van der Waals surface area (Å²) < 4.78 is 23.0. The lowest BCUT2D eigenvalue weighted by Crippen LogP contribution is -2.40. The monoisotopic (exact) mass is 369 g/mol. The molecule has 0 aliphatic heterocycles. The molecule has 128 valence electrons. The molecule has 0 radical (unpaired) electrons. The van der Waals surface area contributed by atoms with E-state index in [1.165, 1.54) is 12.1 Å². The first kappa shape index (κ1) is 19.4. The zero-order valence-corrected chi connectivity index (χ0v) is 13.0. The number of pyridine rings is 1. The molecule has 13 heteroatoms. The third kappa shape index (κ3) is 4.68. The van der Waals surface area contributed by atoms with Gasteiger partial charge >= 0.3 is 27.1 Å². The first-order valence-corrected chi connectivity index (χ1v) is 9.20. The van der Waals surface area contributed by atoms with Crippen LogP contribution in [0.2, 0.25) is 0 Å². The van der Waals surface area contributed by atoms with E-state index in [1.807, 2.05) is 0 Å². The molecule has 11 nitrogen and oxygen atoms in total. The molecular weight excluding hydrogens is 356 g/mol. The van der Waals surface area contributed by atoms with Crippen molar-refractivity contribution >= 4 is 27.1 Å². The summed E-state index contributed by atoms with van der Waals surface area (Å²) in [6, 6.07) is 3.63. The number of rotatable bonds is 7. The Labute approximate surface area is 128 Å². The van der Waals surface area contributed by atoms with Crippen molar-refractivity contribution in [2.45, 2.75) is 17.2 Å². The molecule has 1 heterocycles. The number of nitrogens with zero attached hydrogens (tertiary/aromatic N) is 1.